The van der Waals surface area contributed by atoms with Crippen molar-refractivity contribution in [2.45, 2.75) is 39.3 Å². The third kappa shape index (κ3) is 5.71. The second kappa shape index (κ2) is 7.73. The molecule has 0 saturated carbocycles. The molecule has 7 heteroatoms. The normalized spacial score (nSPS) is 12.2. The lowest BCUT2D eigenvalue weighted by molar-refractivity contribution is -0.189. The summed E-state index contributed by atoms with van der Waals surface area (Å²) in [7, 11) is 0. The number of rotatable bonds is 5. The molecule has 1 aromatic rings. The first-order valence-corrected chi connectivity index (χ1v) is 7.28. The number of hydrogen-bond acceptors (Lipinski definition) is 4. The molecule has 3 amide bonds. The maximum Gasteiger partial charge on any atom is 0.268 e. The van der Waals surface area contributed by atoms with Gasteiger partial charge in [0.2, 0.25) is 5.91 Å². The topological polar surface area (TPSA) is 98.7 Å². The second-order valence-electron chi connectivity index (χ2n) is 6.16. The van der Waals surface area contributed by atoms with Crippen molar-refractivity contribution < 1.29 is 19.6 Å². The van der Waals surface area contributed by atoms with Crippen LogP contribution in [0.1, 0.15) is 38.1 Å². The third-order valence-corrected chi connectivity index (χ3v) is 3.04. The molecule has 7 nitrogen and oxygen atoms in total. The molecular weight excluding hydrogens is 298 g/mol. The van der Waals surface area contributed by atoms with E-state index in [0.29, 0.717) is 10.6 Å². The predicted molar refractivity (Wildman–Crippen MR) is 84.8 cm³/mol. The summed E-state index contributed by atoms with van der Waals surface area (Å²) in [5, 5.41) is 15.2. The average Bonchev–Trinajstić information content (AvgIpc) is 2.50. The Hall–Kier alpha value is -2.41. The summed E-state index contributed by atoms with van der Waals surface area (Å²) in [5.41, 5.74) is -0.323. The van der Waals surface area contributed by atoms with Crippen molar-refractivity contribution in [2.24, 2.45) is 0 Å². The Morgan fingerprint density at radius 3 is 2.26 bits per heavy atom. The van der Waals surface area contributed by atoms with E-state index in [1.165, 1.54) is 6.92 Å². The minimum atomic E-state index is -0.902. The minimum Gasteiger partial charge on any atom is -0.343 e. The van der Waals surface area contributed by atoms with Crippen LogP contribution in [0, 0.1) is 0 Å². The van der Waals surface area contributed by atoms with Crippen LogP contribution in [-0.2, 0) is 9.59 Å². The van der Waals surface area contributed by atoms with Gasteiger partial charge in [0.05, 0.1) is 12.1 Å². The fourth-order valence-corrected chi connectivity index (χ4v) is 1.72. The summed E-state index contributed by atoms with van der Waals surface area (Å²) in [6.45, 7) is 6.21. The first-order valence-electron chi connectivity index (χ1n) is 7.28. The van der Waals surface area contributed by atoms with E-state index in [2.05, 4.69) is 10.6 Å². The molecule has 0 aliphatic heterocycles. The van der Waals surface area contributed by atoms with E-state index in [4.69, 9.17) is 0 Å². The molecule has 0 aromatic heterocycles. The zero-order chi connectivity index (χ0) is 17.6. The maximum atomic E-state index is 12.0. The highest BCUT2D eigenvalue weighted by Crippen LogP contribution is 2.11. The van der Waals surface area contributed by atoms with Crippen molar-refractivity contribution in [3.8, 4) is 0 Å². The zero-order valence-electron chi connectivity index (χ0n) is 13.8. The van der Waals surface area contributed by atoms with Crippen molar-refractivity contribution in [1.82, 2.24) is 15.7 Å². The molecule has 0 aliphatic rings. The van der Waals surface area contributed by atoms with Gasteiger partial charge in [-0.2, -0.15) is 0 Å². The monoisotopic (exact) mass is 321 g/mol. The number of nitrogens with one attached hydrogen (secondary N) is 2. The van der Waals surface area contributed by atoms with Crippen molar-refractivity contribution in [3.63, 3.8) is 0 Å². The molecule has 1 aromatic carbocycles. The fraction of sp³-hybridized carbons (Fsp3) is 0.438. The largest absolute Gasteiger partial charge is 0.343 e. The lowest BCUT2D eigenvalue weighted by Crippen LogP contribution is -2.53. The van der Waals surface area contributed by atoms with E-state index >= 15 is 0 Å². The Labute approximate surface area is 135 Å². The third-order valence-electron chi connectivity index (χ3n) is 3.04. The zero-order valence-corrected chi connectivity index (χ0v) is 13.8. The summed E-state index contributed by atoms with van der Waals surface area (Å²) in [6.07, 6.45) is 0. The second-order valence-corrected chi connectivity index (χ2v) is 6.16. The van der Waals surface area contributed by atoms with E-state index in [9.17, 15) is 19.6 Å². The van der Waals surface area contributed by atoms with Crippen LogP contribution in [0.15, 0.2) is 30.3 Å². The smallest absolute Gasteiger partial charge is 0.268 e. The van der Waals surface area contributed by atoms with E-state index in [-0.39, 0.29) is 12.5 Å². The highest BCUT2D eigenvalue weighted by atomic mass is 16.5. The summed E-state index contributed by atoms with van der Waals surface area (Å²) in [6, 6.07) is 7.59. The first-order chi connectivity index (χ1) is 10.6. The van der Waals surface area contributed by atoms with Gasteiger partial charge in [0.25, 0.3) is 11.8 Å². The van der Waals surface area contributed by atoms with Crippen LogP contribution in [0.2, 0.25) is 0 Å². The molecule has 1 atom stereocenters. The number of nitrogens with zero attached hydrogens (tertiary/aromatic N) is 1. The molecule has 0 aliphatic carbocycles. The van der Waals surface area contributed by atoms with Crippen LogP contribution in [0.25, 0.3) is 0 Å². The van der Waals surface area contributed by atoms with Gasteiger partial charge in [-0.25, -0.2) is 5.06 Å². The lowest BCUT2D eigenvalue weighted by Gasteiger charge is -2.31. The van der Waals surface area contributed by atoms with Gasteiger partial charge in [-0.15, -0.1) is 0 Å². The van der Waals surface area contributed by atoms with E-state index < -0.39 is 23.4 Å². The van der Waals surface area contributed by atoms with Gasteiger partial charge in [0.1, 0.15) is 6.04 Å². The lowest BCUT2D eigenvalue weighted by atomic mass is 10.1. The van der Waals surface area contributed by atoms with Crippen LogP contribution < -0.4 is 10.6 Å². The fourth-order valence-electron chi connectivity index (χ4n) is 1.72. The Morgan fingerprint density at radius 2 is 1.74 bits per heavy atom. The van der Waals surface area contributed by atoms with Gasteiger partial charge in [0, 0.05) is 5.56 Å². The molecule has 0 bridgehead atoms. The number of carbonyl (C=O) groups excluding carboxylic acids is 3. The quantitative estimate of drug-likeness (QED) is 0.555. The molecule has 3 N–H and O–H groups in total. The number of carbonyl (C=O) groups is 3. The van der Waals surface area contributed by atoms with Crippen LogP contribution in [0.5, 0.6) is 0 Å². The van der Waals surface area contributed by atoms with Crippen molar-refractivity contribution in [1.29, 1.82) is 0 Å². The van der Waals surface area contributed by atoms with Crippen LogP contribution in [0.3, 0.4) is 0 Å². The molecule has 0 fully saturated rings. The number of hydroxylamine groups is 2. The van der Waals surface area contributed by atoms with Gasteiger partial charge in [-0.05, 0) is 39.8 Å². The number of amides is 3. The summed E-state index contributed by atoms with van der Waals surface area (Å²) in [5.74, 6) is -1.52. The van der Waals surface area contributed by atoms with Gasteiger partial charge in [0.15, 0.2) is 0 Å². The highest BCUT2D eigenvalue weighted by molar-refractivity contribution is 5.97. The molecule has 0 spiro atoms. The summed E-state index contributed by atoms with van der Waals surface area (Å²) < 4.78 is 0. The number of benzene rings is 1. The van der Waals surface area contributed by atoms with Gasteiger partial charge < -0.3 is 10.6 Å². The van der Waals surface area contributed by atoms with Crippen LogP contribution in [0.4, 0.5) is 0 Å². The minimum absolute atomic E-state index is 0.258. The Balaban J connectivity index is 2.47. The average molecular weight is 321 g/mol. The van der Waals surface area contributed by atoms with Crippen molar-refractivity contribution in [3.05, 3.63) is 35.9 Å². The molecular formula is C16H23N3O4. The number of hydrogen-bond donors (Lipinski definition) is 3. The van der Waals surface area contributed by atoms with Gasteiger partial charge >= 0.3 is 0 Å². The highest BCUT2D eigenvalue weighted by Gasteiger charge is 2.29. The van der Waals surface area contributed by atoms with Crippen molar-refractivity contribution >= 4 is 17.7 Å². The first kappa shape index (κ1) is 18.6. The molecule has 1 rings (SSSR count). The molecule has 0 saturated heterocycles. The Morgan fingerprint density at radius 1 is 1.17 bits per heavy atom. The Kier molecular flexibility index (Phi) is 6.27. The van der Waals surface area contributed by atoms with Gasteiger partial charge in [-0.3, -0.25) is 19.6 Å². The molecule has 0 radical (unpaired) electrons. The van der Waals surface area contributed by atoms with Crippen molar-refractivity contribution in [2.75, 3.05) is 6.54 Å². The SMILES string of the molecule is C[C@H](NC(=O)CNC(=O)c1ccccc1)C(=O)N(O)C(C)(C)C. The van der Waals surface area contributed by atoms with Crippen LogP contribution >= 0.6 is 0 Å². The van der Waals surface area contributed by atoms with E-state index in [1.807, 2.05) is 0 Å². The summed E-state index contributed by atoms with van der Waals surface area (Å²) in [4.78, 5) is 35.5. The maximum absolute atomic E-state index is 12.0. The predicted octanol–water partition coefficient (Wildman–Crippen LogP) is 0.937. The summed E-state index contributed by atoms with van der Waals surface area (Å²) >= 11 is 0. The van der Waals surface area contributed by atoms with E-state index in [1.54, 1.807) is 51.1 Å². The molecule has 0 heterocycles. The standard InChI is InChI=1S/C16H23N3O4/c1-11(15(22)19(23)16(2,3)4)18-13(20)10-17-14(21)12-8-6-5-7-9-12/h5-9,11,23H,10H2,1-4H3,(H,17,21)(H,18,20)/t11-/m0/s1. The molecule has 0 unspecified atom stereocenters. The Bertz CT molecular complexity index is 566. The van der Waals surface area contributed by atoms with E-state index in [0.717, 1.165) is 0 Å². The molecule has 23 heavy (non-hydrogen) atoms. The molecule has 126 valence electrons. The van der Waals surface area contributed by atoms with Gasteiger partial charge in [-0.1, -0.05) is 18.2 Å². The van der Waals surface area contributed by atoms with Crippen LogP contribution in [-0.4, -0.2) is 46.1 Å².